The van der Waals surface area contributed by atoms with E-state index in [4.69, 9.17) is 0 Å². The molecule has 4 rings (SSSR count). The summed E-state index contributed by atoms with van der Waals surface area (Å²) < 4.78 is 4.56. The predicted molar refractivity (Wildman–Crippen MR) is 126 cm³/mol. The van der Waals surface area contributed by atoms with Crippen molar-refractivity contribution in [3.05, 3.63) is 89.4 Å². The molecule has 1 N–H and O–H groups in total. The summed E-state index contributed by atoms with van der Waals surface area (Å²) in [5, 5.41) is 1.25. The van der Waals surface area contributed by atoms with Gasteiger partial charge in [-0.2, -0.15) is 4.57 Å². The molecule has 154 valence electrons. The summed E-state index contributed by atoms with van der Waals surface area (Å²) in [6.07, 6.45) is 4.42. The first-order valence-electron chi connectivity index (χ1n) is 9.98. The molecule has 2 heterocycles. The third-order valence-corrected chi connectivity index (χ3v) is 5.63. The van der Waals surface area contributed by atoms with Crippen molar-refractivity contribution in [2.75, 3.05) is 19.0 Å². The highest BCUT2D eigenvalue weighted by Gasteiger charge is 2.12. The number of rotatable bonds is 4. The molecule has 2 aromatic heterocycles. The predicted octanol–water partition coefficient (Wildman–Crippen LogP) is 5.13. The van der Waals surface area contributed by atoms with Crippen LogP contribution in [0.1, 0.15) is 22.6 Å². The fourth-order valence-electron chi connectivity index (χ4n) is 3.96. The number of benzene rings is 2. The molecular weight excluding hydrogens is 370 g/mol. The van der Waals surface area contributed by atoms with Crippen LogP contribution in [0.2, 0.25) is 0 Å². The number of aryl methyl sites for hydroxylation is 2. The van der Waals surface area contributed by atoms with Gasteiger partial charge in [0.1, 0.15) is 7.05 Å². The van der Waals surface area contributed by atoms with Gasteiger partial charge in [-0.25, -0.2) is 0 Å². The second-order valence-corrected chi connectivity index (χ2v) is 7.79. The number of para-hydroxylation sites is 1. The smallest absolute Gasteiger partial charge is 0.212 e. The summed E-state index contributed by atoms with van der Waals surface area (Å²) in [7, 11) is 6.28. The van der Waals surface area contributed by atoms with Crippen LogP contribution in [-0.2, 0) is 7.05 Å². The largest absolute Gasteiger partial charge is 0.870 e. The van der Waals surface area contributed by atoms with Crippen molar-refractivity contribution in [3.63, 3.8) is 0 Å². The molecule has 0 fully saturated rings. The molecule has 0 aliphatic heterocycles. The highest BCUT2D eigenvalue weighted by atomic mass is 16.0. The average Bonchev–Trinajstić information content (AvgIpc) is 3.01. The molecule has 0 bridgehead atoms. The van der Waals surface area contributed by atoms with Crippen LogP contribution < -0.4 is 9.47 Å². The van der Waals surface area contributed by atoms with Gasteiger partial charge in [-0.1, -0.05) is 18.2 Å². The first-order valence-corrected chi connectivity index (χ1v) is 9.98. The maximum absolute atomic E-state index is 2.31. The van der Waals surface area contributed by atoms with Gasteiger partial charge in [0.25, 0.3) is 0 Å². The Balaban J connectivity index is 0.00000256. The summed E-state index contributed by atoms with van der Waals surface area (Å²) in [6, 6.07) is 23.8. The molecule has 0 spiro atoms. The number of anilines is 1. The zero-order chi connectivity index (χ0) is 20.5. The van der Waals surface area contributed by atoms with Crippen molar-refractivity contribution in [1.82, 2.24) is 4.57 Å². The van der Waals surface area contributed by atoms with E-state index in [0.29, 0.717) is 0 Å². The van der Waals surface area contributed by atoms with Gasteiger partial charge < -0.3 is 14.9 Å². The molecule has 0 saturated carbocycles. The minimum atomic E-state index is 0. The Bertz CT molecular complexity index is 1200. The first-order chi connectivity index (χ1) is 14.0. The van der Waals surface area contributed by atoms with Gasteiger partial charge in [0, 0.05) is 60.5 Å². The minimum absolute atomic E-state index is 0. The third kappa shape index (κ3) is 3.87. The summed E-state index contributed by atoms with van der Waals surface area (Å²) >= 11 is 0. The monoisotopic (exact) mass is 399 g/mol. The molecule has 0 unspecified atom stereocenters. The van der Waals surface area contributed by atoms with Crippen LogP contribution in [0, 0.1) is 13.8 Å². The minimum Gasteiger partial charge on any atom is -0.870 e. The molecule has 0 atom stereocenters. The third-order valence-electron chi connectivity index (χ3n) is 5.63. The number of hydrogen-bond acceptors (Lipinski definition) is 2. The molecule has 4 aromatic rings. The van der Waals surface area contributed by atoms with Crippen molar-refractivity contribution < 1.29 is 10.0 Å². The lowest BCUT2D eigenvalue weighted by molar-refractivity contribution is -0.646. The highest BCUT2D eigenvalue weighted by molar-refractivity contribution is 5.81. The number of pyridine rings is 1. The average molecular weight is 400 g/mol. The van der Waals surface area contributed by atoms with Crippen LogP contribution in [0.4, 0.5) is 5.69 Å². The van der Waals surface area contributed by atoms with E-state index in [0.717, 1.165) is 0 Å². The van der Waals surface area contributed by atoms with Crippen molar-refractivity contribution in [3.8, 4) is 5.69 Å². The zero-order valence-electron chi connectivity index (χ0n) is 18.3. The van der Waals surface area contributed by atoms with Crippen molar-refractivity contribution in [2.45, 2.75) is 13.8 Å². The van der Waals surface area contributed by atoms with Crippen LogP contribution in [0.3, 0.4) is 0 Å². The summed E-state index contributed by atoms with van der Waals surface area (Å²) in [5.74, 6) is 0. The molecule has 0 radical (unpaired) electrons. The van der Waals surface area contributed by atoms with Crippen LogP contribution in [-0.4, -0.2) is 24.1 Å². The number of fused-ring (bicyclic) bond motifs is 1. The maximum atomic E-state index is 2.31. The topological polar surface area (TPSA) is 42.0 Å². The van der Waals surface area contributed by atoms with E-state index in [1.54, 1.807) is 0 Å². The molecular formula is C26H29N3O. The van der Waals surface area contributed by atoms with Gasteiger partial charge in [0.2, 0.25) is 11.2 Å². The van der Waals surface area contributed by atoms with E-state index in [1.807, 2.05) is 0 Å². The first kappa shape index (κ1) is 21.3. The summed E-state index contributed by atoms with van der Waals surface area (Å²) in [5.41, 5.74) is 8.57. The van der Waals surface area contributed by atoms with Crippen molar-refractivity contribution in [2.24, 2.45) is 7.05 Å². The maximum Gasteiger partial charge on any atom is 0.212 e. The molecule has 4 heteroatoms. The normalized spacial score (nSPS) is 11.1. The molecule has 0 saturated heterocycles. The Labute approximate surface area is 178 Å². The van der Waals surface area contributed by atoms with Crippen LogP contribution in [0.25, 0.3) is 28.7 Å². The van der Waals surface area contributed by atoms with E-state index >= 15 is 0 Å². The molecule has 30 heavy (non-hydrogen) atoms. The zero-order valence-corrected chi connectivity index (χ0v) is 18.3. The number of nitrogens with zero attached hydrogens (tertiary/aromatic N) is 3. The van der Waals surface area contributed by atoms with Gasteiger partial charge in [-0.3, -0.25) is 0 Å². The van der Waals surface area contributed by atoms with E-state index < -0.39 is 0 Å². The summed E-state index contributed by atoms with van der Waals surface area (Å²) in [4.78, 5) is 2.13. The van der Waals surface area contributed by atoms with Gasteiger partial charge in [-0.15, -0.1) is 0 Å². The molecule has 2 aromatic carbocycles. The Morgan fingerprint density at radius 2 is 1.60 bits per heavy atom. The van der Waals surface area contributed by atoms with Crippen LogP contribution in [0.5, 0.6) is 0 Å². The fourth-order valence-corrected chi connectivity index (χ4v) is 3.96. The Hall–Kier alpha value is -3.37. The van der Waals surface area contributed by atoms with E-state index in [1.165, 1.54) is 44.9 Å². The number of aromatic nitrogens is 2. The Kier molecular flexibility index (Phi) is 6.09. The highest BCUT2D eigenvalue weighted by Crippen LogP contribution is 2.23. The number of hydrogen-bond donors (Lipinski definition) is 0. The SMILES string of the molecule is Cc1cc(/C=C/c2ccc3cc(N(C)C)ccc3[n+]2C)c(C)n1-c1ccccc1.[OH-]. The van der Waals surface area contributed by atoms with Crippen LogP contribution in [0.15, 0.2) is 66.7 Å². The van der Waals surface area contributed by atoms with Gasteiger partial charge >= 0.3 is 0 Å². The van der Waals surface area contributed by atoms with E-state index in [2.05, 4.69) is 128 Å². The standard InChI is InChI=1S/C26H28N3.H2O/c1-19-17-21(20(2)29(19)24-9-7-6-8-10-24)11-13-23-14-12-22-18-25(27(3)4)15-16-26(22)28(23)5;/h6-18H,1-5H3;1H2/q+1;/p-1. The van der Waals surface area contributed by atoms with E-state index in [-0.39, 0.29) is 5.48 Å². The van der Waals surface area contributed by atoms with Crippen molar-refractivity contribution >= 4 is 28.7 Å². The molecule has 0 aliphatic carbocycles. The molecule has 0 aliphatic rings. The van der Waals surface area contributed by atoms with Crippen molar-refractivity contribution in [1.29, 1.82) is 0 Å². The second kappa shape index (κ2) is 8.56. The lowest BCUT2D eigenvalue weighted by atomic mass is 10.1. The van der Waals surface area contributed by atoms with Gasteiger partial charge in [0.15, 0.2) is 0 Å². The summed E-state index contributed by atoms with van der Waals surface area (Å²) in [6.45, 7) is 4.35. The van der Waals surface area contributed by atoms with E-state index in [9.17, 15) is 0 Å². The molecule has 4 nitrogen and oxygen atoms in total. The lowest BCUT2D eigenvalue weighted by Crippen LogP contribution is -2.32. The quantitative estimate of drug-likeness (QED) is 0.446. The van der Waals surface area contributed by atoms with Crippen LogP contribution >= 0.6 is 0 Å². The van der Waals surface area contributed by atoms with Gasteiger partial charge in [-0.05, 0) is 61.9 Å². The molecule has 0 amide bonds. The lowest BCUT2D eigenvalue weighted by Gasteiger charge is -2.12. The Morgan fingerprint density at radius 1 is 0.867 bits per heavy atom. The fraction of sp³-hybridized carbons (Fsp3) is 0.192. The Morgan fingerprint density at radius 3 is 2.30 bits per heavy atom. The second-order valence-electron chi connectivity index (χ2n) is 7.79. The van der Waals surface area contributed by atoms with Gasteiger partial charge in [0.05, 0.1) is 0 Å².